The Morgan fingerprint density at radius 1 is 0.833 bits per heavy atom. The van der Waals surface area contributed by atoms with E-state index in [1.807, 2.05) is 30.3 Å². The van der Waals surface area contributed by atoms with E-state index < -0.39 is 30.4 Å². The molecule has 0 aliphatic carbocycles. The van der Waals surface area contributed by atoms with Gasteiger partial charge in [0.25, 0.3) is 0 Å². The van der Waals surface area contributed by atoms with Gasteiger partial charge in [-0.25, -0.2) is 19.0 Å². The topological polar surface area (TPSA) is 115 Å². The Labute approximate surface area is 244 Å². The molecule has 0 bridgehead atoms. The zero-order valence-electron chi connectivity index (χ0n) is 23.9. The molecule has 0 aliphatic rings. The predicted molar refractivity (Wildman–Crippen MR) is 152 cm³/mol. The van der Waals surface area contributed by atoms with E-state index in [4.69, 9.17) is 14.2 Å². The summed E-state index contributed by atoms with van der Waals surface area (Å²) < 4.78 is 28.9. The van der Waals surface area contributed by atoms with Crippen molar-refractivity contribution in [1.29, 1.82) is 0 Å². The highest BCUT2D eigenvalue weighted by Crippen LogP contribution is 2.24. The fraction of sp³-hybridized carbons (Fsp3) is 0.323. The smallest absolute Gasteiger partial charge is 0.409 e. The van der Waals surface area contributed by atoms with Crippen molar-refractivity contribution in [1.82, 2.24) is 9.88 Å². The second-order valence-corrected chi connectivity index (χ2v) is 9.22. The zero-order valence-corrected chi connectivity index (χ0v) is 23.9. The Kier molecular flexibility index (Phi) is 12.0. The summed E-state index contributed by atoms with van der Waals surface area (Å²) in [5.41, 5.74) is 2.18. The fourth-order valence-electron chi connectivity index (χ4n) is 3.97. The van der Waals surface area contributed by atoms with E-state index in [0.29, 0.717) is 12.0 Å². The van der Waals surface area contributed by atoms with Crippen molar-refractivity contribution >= 4 is 29.6 Å². The maximum Gasteiger partial charge on any atom is 0.409 e. The predicted octanol–water partition coefficient (Wildman–Crippen LogP) is 4.54. The summed E-state index contributed by atoms with van der Waals surface area (Å²) in [5.74, 6) is -2.54. The number of pyridine rings is 1. The van der Waals surface area contributed by atoms with Crippen LogP contribution >= 0.6 is 0 Å². The van der Waals surface area contributed by atoms with Crippen LogP contribution in [-0.4, -0.2) is 67.2 Å². The minimum absolute atomic E-state index is 0.00659. The van der Waals surface area contributed by atoms with E-state index in [2.05, 4.69) is 4.98 Å². The molecular formula is C31H34FN3O7. The standard InChI is InChI=1S/C31H34FN3O7/c1-4-40-28(37)19-27(36)35(16-15-34(3)31(39)42-21-23-9-7-6-8-10-23)26-18-24(17-22-11-13-25(32)14-12-22)20-33-29(26)30(38)41-5-2/h6-14,18,20H,4-5,15-17,19,21H2,1-3H3. The Hall–Kier alpha value is -4.80. The molecule has 10 nitrogen and oxygen atoms in total. The molecule has 0 unspecified atom stereocenters. The van der Waals surface area contributed by atoms with Crippen LogP contribution < -0.4 is 4.90 Å². The summed E-state index contributed by atoms with van der Waals surface area (Å²) in [5, 5.41) is 0. The SMILES string of the molecule is CCOC(=O)CC(=O)N(CCN(C)C(=O)OCc1ccccc1)c1cc(Cc2ccc(F)cc2)cnc1C(=O)OCC. The van der Waals surface area contributed by atoms with Gasteiger partial charge in [-0.05, 0) is 55.2 Å². The molecule has 3 aromatic rings. The highest BCUT2D eigenvalue weighted by atomic mass is 19.1. The quantitative estimate of drug-likeness (QED) is 0.165. The Morgan fingerprint density at radius 2 is 1.52 bits per heavy atom. The van der Waals surface area contributed by atoms with E-state index >= 15 is 0 Å². The van der Waals surface area contributed by atoms with Crippen LogP contribution in [0.3, 0.4) is 0 Å². The van der Waals surface area contributed by atoms with Crippen molar-refractivity contribution in [2.24, 2.45) is 0 Å². The van der Waals surface area contributed by atoms with Gasteiger partial charge in [0.05, 0.1) is 18.9 Å². The van der Waals surface area contributed by atoms with Crippen molar-refractivity contribution in [3.63, 3.8) is 0 Å². The number of nitrogens with zero attached hydrogens (tertiary/aromatic N) is 3. The first kappa shape index (κ1) is 31.7. The molecule has 0 spiro atoms. The summed E-state index contributed by atoms with van der Waals surface area (Å²) in [6.45, 7) is 3.40. The Bertz CT molecular complexity index is 1370. The molecule has 0 aliphatic heterocycles. The minimum atomic E-state index is -0.759. The number of anilines is 1. The van der Waals surface area contributed by atoms with Gasteiger partial charge in [0.1, 0.15) is 18.8 Å². The van der Waals surface area contributed by atoms with Gasteiger partial charge in [-0.3, -0.25) is 9.59 Å². The third kappa shape index (κ3) is 9.39. The number of hydrogen-bond acceptors (Lipinski definition) is 8. The summed E-state index contributed by atoms with van der Waals surface area (Å²) in [4.78, 5) is 57.9. The lowest BCUT2D eigenvalue weighted by atomic mass is 10.0. The molecule has 0 radical (unpaired) electrons. The van der Waals surface area contributed by atoms with Gasteiger partial charge in [0, 0.05) is 26.3 Å². The van der Waals surface area contributed by atoms with Crippen molar-refractivity contribution in [2.75, 3.05) is 38.3 Å². The molecule has 222 valence electrons. The molecule has 2 amide bonds. The van der Waals surface area contributed by atoms with Gasteiger partial charge < -0.3 is 24.0 Å². The number of ether oxygens (including phenoxy) is 3. The molecule has 1 aromatic heterocycles. The number of likely N-dealkylation sites (N-methyl/N-ethyl adjacent to an activating group) is 1. The molecule has 0 atom stereocenters. The monoisotopic (exact) mass is 579 g/mol. The van der Waals surface area contributed by atoms with Gasteiger partial charge in [-0.2, -0.15) is 0 Å². The molecule has 1 heterocycles. The van der Waals surface area contributed by atoms with Crippen LogP contribution in [0.5, 0.6) is 0 Å². The van der Waals surface area contributed by atoms with Crippen LogP contribution in [0.2, 0.25) is 0 Å². The van der Waals surface area contributed by atoms with Gasteiger partial charge in [0.15, 0.2) is 5.69 Å². The van der Waals surface area contributed by atoms with Crippen molar-refractivity contribution in [3.8, 4) is 0 Å². The summed E-state index contributed by atoms with van der Waals surface area (Å²) in [7, 11) is 1.51. The lowest BCUT2D eigenvalue weighted by molar-refractivity contribution is -0.145. The van der Waals surface area contributed by atoms with Gasteiger partial charge in [-0.1, -0.05) is 42.5 Å². The Balaban J connectivity index is 1.89. The van der Waals surface area contributed by atoms with E-state index in [1.54, 1.807) is 32.0 Å². The van der Waals surface area contributed by atoms with E-state index in [1.165, 1.54) is 35.2 Å². The number of aromatic nitrogens is 1. The number of esters is 2. The molecule has 2 aromatic carbocycles. The number of amides is 2. The highest BCUT2D eigenvalue weighted by Gasteiger charge is 2.27. The van der Waals surface area contributed by atoms with Crippen molar-refractivity contribution in [3.05, 3.63) is 95.1 Å². The van der Waals surface area contributed by atoms with E-state index in [-0.39, 0.29) is 50.1 Å². The lowest BCUT2D eigenvalue weighted by Crippen LogP contribution is -2.41. The number of carbonyl (C=O) groups excluding carboxylic acids is 4. The van der Waals surface area contributed by atoms with Crippen LogP contribution in [-0.2, 0) is 36.8 Å². The third-order valence-corrected chi connectivity index (χ3v) is 6.08. The first-order valence-electron chi connectivity index (χ1n) is 13.5. The average Bonchev–Trinajstić information content (AvgIpc) is 2.98. The largest absolute Gasteiger partial charge is 0.466 e. The molecule has 0 saturated heterocycles. The molecule has 3 rings (SSSR count). The zero-order chi connectivity index (χ0) is 30.5. The van der Waals surface area contributed by atoms with Crippen LogP contribution in [0, 0.1) is 5.82 Å². The number of halogens is 1. The van der Waals surface area contributed by atoms with E-state index in [0.717, 1.165) is 11.1 Å². The van der Waals surface area contributed by atoms with Crippen LogP contribution in [0.25, 0.3) is 0 Å². The molecule has 0 saturated carbocycles. The molecule has 0 fully saturated rings. The molecule has 11 heteroatoms. The first-order valence-corrected chi connectivity index (χ1v) is 13.5. The lowest BCUT2D eigenvalue weighted by Gasteiger charge is -2.27. The van der Waals surface area contributed by atoms with Gasteiger partial charge in [-0.15, -0.1) is 0 Å². The van der Waals surface area contributed by atoms with Crippen molar-refractivity contribution in [2.45, 2.75) is 33.3 Å². The van der Waals surface area contributed by atoms with Crippen LogP contribution in [0.1, 0.15) is 47.4 Å². The van der Waals surface area contributed by atoms with Crippen LogP contribution in [0.4, 0.5) is 14.9 Å². The fourth-order valence-corrected chi connectivity index (χ4v) is 3.97. The summed E-state index contributed by atoms with van der Waals surface area (Å²) in [6, 6.07) is 16.7. The van der Waals surface area contributed by atoms with Crippen LogP contribution in [0.15, 0.2) is 66.9 Å². The molecule has 0 N–H and O–H groups in total. The maximum absolute atomic E-state index is 13.4. The van der Waals surface area contributed by atoms with Crippen molar-refractivity contribution < 1.29 is 37.8 Å². The maximum atomic E-state index is 13.4. The number of rotatable bonds is 13. The second-order valence-electron chi connectivity index (χ2n) is 9.22. The summed E-state index contributed by atoms with van der Waals surface area (Å²) in [6.07, 6.45) is 0.584. The van der Waals surface area contributed by atoms with Gasteiger partial charge >= 0.3 is 18.0 Å². The Morgan fingerprint density at radius 3 is 2.19 bits per heavy atom. The van der Waals surface area contributed by atoms with Gasteiger partial charge in [0.2, 0.25) is 5.91 Å². The third-order valence-electron chi connectivity index (χ3n) is 6.08. The van der Waals surface area contributed by atoms with E-state index in [9.17, 15) is 23.6 Å². The summed E-state index contributed by atoms with van der Waals surface area (Å²) >= 11 is 0. The number of benzene rings is 2. The molecular weight excluding hydrogens is 545 g/mol. The second kappa shape index (κ2) is 15.8. The normalized spacial score (nSPS) is 10.5. The highest BCUT2D eigenvalue weighted by molar-refractivity contribution is 6.06. The number of carbonyl (C=O) groups is 4. The number of hydrogen-bond donors (Lipinski definition) is 0. The average molecular weight is 580 g/mol. The first-order chi connectivity index (χ1) is 20.2. The molecule has 42 heavy (non-hydrogen) atoms. The minimum Gasteiger partial charge on any atom is -0.466 e.